The maximum atomic E-state index is 13.0. The second-order valence-corrected chi connectivity index (χ2v) is 20.6. The molecule has 0 saturated carbocycles. The van der Waals surface area contributed by atoms with Crippen molar-refractivity contribution in [3.05, 3.63) is 45.3 Å². The van der Waals surface area contributed by atoms with Crippen molar-refractivity contribution in [3.8, 4) is 0 Å². The summed E-state index contributed by atoms with van der Waals surface area (Å²) < 4.78 is 86.9. The summed E-state index contributed by atoms with van der Waals surface area (Å²) in [5, 5.41) is 23.5. The Morgan fingerprint density at radius 2 is 1.57 bits per heavy atom. The Labute approximate surface area is 400 Å². The maximum Gasteiger partial charge on any atom is 0.472 e. The SMILES string of the molecule is CO[C@@H]1[C@H](OP(=O)(O)OCC(O)COCCCNC(=O)CCCCCCCCCCOP(=O)(O)OC[C@H]2O[C@@H](n3cc(C)c(=O)[nH]c3=O)C[C@@H]2O)[C@@H](COP(=O)(O)O)O[C@H]1n1cnc2c(N)ncnc21. The Morgan fingerprint density at radius 3 is 2.29 bits per heavy atom. The summed E-state index contributed by atoms with van der Waals surface area (Å²) in [5.41, 5.74) is 5.32. The first-order valence-corrected chi connectivity index (χ1v) is 27.0. The van der Waals surface area contributed by atoms with Crippen LogP contribution in [0.5, 0.6) is 0 Å². The number of hydrogen-bond donors (Lipinski definition) is 9. The number of fused-ring (bicyclic) bond motifs is 1. The number of H-pyrrole nitrogens is 1. The zero-order valence-electron chi connectivity index (χ0n) is 38.5. The molecule has 1 amide bonds. The Morgan fingerprint density at radius 1 is 0.871 bits per heavy atom. The van der Waals surface area contributed by atoms with Crippen LogP contribution in [-0.4, -0.2) is 155 Å². The molecule has 2 aliphatic heterocycles. The number of carbonyl (C=O) groups is 1. The zero-order valence-corrected chi connectivity index (χ0v) is 41.2. The zero-order chi connectivity index (χ0) is 51.1. The fourth-order valence-corrected chi connectivity index (χ4v) is 9.56. The fraction of sp³-hybridized carbons (Fsp3) is 0.737. The van der Waals surface area contributed by atoms with E-state index in [1.54, 1.807) is 0 Å². The van der Waals surface area contributed by atoms with Gasteiger partial charge < -0.3 is 59.8 Å². The van der Waals surface area contributed by atoms with Gasteiger partial charge in [0.15, 0.2) is 17.7 Å². The molecule has 0 radical (unpaired) electrons. The highest BCUT2D eigenvalue weighted by Gasteiger charge is 2.51. The number of hydrogen-bond acceptors (Lipinski definition) is 21. The van der Waals surface area contributed by atoms with E-state index in [0.29, 0.717) is 32.2 Å². The van der Waals surface area contributed by atoms with Gasteiger partial charge in [-0.3, -0.25) is 46.3 Å². The molecule has 10 atom stereocenters. The van der Waals surface area contributed by atoms with Crippen LogP contribution in [0.3, 0.4) is 0 Å². The van der Waals surface area contributed by atoms with Crippen molar-refractivity contribution in [1.29, 1.82) is 0 Å². The van der Waals surface area contributed by atoms with Gasteiger partial charge in [0.1, 0.15) is 48.6 Å². The summed E-state index contributed by atoms with van der Waals surface area (Å²) in [7, 11) is -13.2. The van der Waals surface area contributed by atoms with Gasteiger partial charge in [0, 0.05) is 44.9 Å². The number of nitrogens with zero attached hydrogens (tertiary/aromatic N) is 5. The molecule has 2 saturated heterocycles. The van der Waals surface area contributed by atoms with E-state index in [9.17, 15) is 57.9 Å². The second-order valence-electron chi connectivity index (χ2n) is 16.5. The highest BCUT2D eigenvalue weighted by molar-refractivity contribution is 7.47. The molecule has 396 valence electrons. The van der Waals surface area contributed by atoms with Crippen LogP contribution < -0.4 is 22.3 Å². The van der Waals surface area contributed by atoms with Gasteiger partial charge in [-0.1, -0.05) is 38.5 Å². The molecule has 2 aliphatic rings. The number of aromatic nitrogens is 6. The first-order valence-electron chi connectivity index (χ1n) is 22.4. The summed E-state index contributed by atoms with van der Waals surface area (Å²) in [4.78, 5) is 89.6. The minimum Gasteiger partial charge on any atom is -0.390 e. The molecule has 3 aromatic heterocycles. The minimum absolute atomic E-state index is 0.0104. The number of nitrogens with two attached hydrogens (primary N) is 1. The van der Waals surface area contributed by atoms with Crippen molar-refractivity contribution in [2.45, 2.75) is 127 Å². The van der Waals surface area contributed by atoms with Crippen LogP contribution in [0.1, 0.15) is 88.6 Å². The van der Waals surface area contributed by atoms with Gasteiger partial charge in [-0.2, -0.15) is 0 Å². The summed E-state index contributed by atoms with van der Waals surface area (Å²) in [6.07, 6.45) is 1.51. The number of rotatable bonds is 32. The predicted molar refractivity (Wildman–Crippen MR) is 241 cm³/mol. The molecular weight excluding hydrogens is 997 g/mol. The highest BCUT2D eigenvalue weighted by Crippen LogP contribution is 2.50. The number of anilines is 1. The van der Waals surface area contributed by atoms with Crippen LogP contribution in [0.2, 0.25) is 0 Å². The number of carbonyl (C=O) groups excluding carboxylic acids is 1. The molecule has 5 heterocycles. The predicted octanol–water partition coefficient (Wildman–Crippen LogP) is 0.968. The number of nitrogen functional groups attached to an aromatic ring is 1. The van der Waals surface area contributed by atoms with Crippen molar-refractivity contribution in [2.24, 2.45) is 0 Å². The van der Waals surface area contributed by atoms with Crippen LogP contribution in [0, 0.1) is 6.92 Å². The Bertz CT molecular complexity index is 2400. The third-order valence-corrected chi connectivity index (χ3v) is 13.5. The Kier molecular flexibility index (Phi) is 22.2. The van der Waals surface area contributed by atoms with Gasteiger partial charge in [0.25, 0.3) is 5.56 Å². The average molecular weight is 1060 g/mol. The van der Waals surface area contributed by atoms with Crippen molar-refractivity contribution >= 4 is 46.4 Å². The normalized spacial score (nSPS) is 23.9. The number of aromatic amines is 1. The van der Waals surface area contributed by atoms with E-state index in [2.05, 4.69) is 29.8 Å². The van der Waals surface area contributed by atoms with E-state index in [0.717, 1.165) is 43.1 Å². The van der Waals surface area contributed by atoms with Crippen LogP contribution >= 0.6 is 23.5 Å². The molecule has 5 rings (SSSR count). The van der Waals surface area contributed by atoms with Crippen LogP contribution in [0.15, 0.2) is 28.4 Å². The standard InChI is InChI=1S/C38H63N8O21P3/c1-24-17-45(38(51)44-36(24)50)30-16-26(48)27(65-30)20-64-69(55,56)61-15-10-8-6-4-3-5-7-9-12-29(49)40-13-11-14-60-18-25(47)19-63-70(57,58)67-32-28(21-62-68(52,53)54)66-37(33(32)59-2)46-23-43-31-34(39)41-22-42-35(31)46/h17,22-23,25-28,30,32-33,37,47-48H,3-16,18-21H2,1-2H3,(H,40,49)(H,55,56)(H,57,58)(H2,39,41,42)(H,44,50,51)(H2,52,53,54)/t25?,26-,27+,28+,30+,32+,33+,37+/m0/s1. The number of phosphoric ester groups is 3. The van der Waals surface area contributed by atoms with E-state index in [4.69, 9.17) is 42.8 Å². The molecule has 0 spiro atoms. The number of aliphatic hydroxyl groups is 2. The average Bonchev–Trinajstić information content (AvgIpc) is 4.00. The molecule has 3 aromatic rings. The third-order valence-electron chi connectivity index (χ3n) is 11.0. The number of nitrogens with one attached hydrogen (secondary N) is 2. The molecule has 10 N–H and O–H groups in total. The number of amides is 1. The fourth-order valence-electron chi connectivity index (χ4n) is 7.46. The molecule has 3 unspecified atom stereocenters. The molecule has 0 bridgehead atoms. The third kappa shape index (κ3) is 18.0. The minimum atomic E-state index is -5.02. The van der Waals surface area contributed by atoms with Crippen molar-refractivity contribution in [1.82, 2.24) is 34.4 Å². The summed E-state index contributed by atoms with van der Waals surface area (Å²) in [5.74, 6) is -0.0602. The summed E-state index contributed by atoms with van der Waals surface area (Å²) in [6.45, 7) is -0.250. The lowest BCUT2D eigenvalue weighted by atomic mass is 10.1. The molecular formula is C38H63N8O21P3. The molecule has 0 aliphatic carbocycles. The van der Waals surface area contributed by atoms with E-state index < -0.39 is 104 Å². The second kappa shape index (κ2) is 27.0. The number of imidazole rings is 1. The van der Waals surface area contributed by atoms with E-state index >= 15 is 0 Å². The number of phosphoric acid groups is 3. The van der Waals surface area contributed by atoms with Crippen LogP contribution in [-0.2, 0) is 60.1 Å². The van der Waals surface area contributed by atoms with Crippen LogP contribution in [0.25, 0.3) is 11.2 Å². The monoisotopic (exact) mass is 1060 g/mol. The molecule has 0 aromatic carbocycles. The van der Waals surface area contributed by atoms with Gasteiger partial charge in [-0.05, 0) is 26.2 Å². The van der Waals surface area contributed by atoms with Crippen LogP contribution in [0.4, 0.5) is 5.82 Å². The molecule has 70 heavy (non-hydrogen) atoms. The van der Waals surface area contributed by atoms with E-state index in [1.807, 2.05) is 0 Å². The molecule has 29 nitrogen and oxygen atoms in total. The Hall–Kier alpha value is -3.41. The van der Waals surface area contributed by atoms with E-state index in [1.165, 1.54) is 37.5 Å². The van der Waals surface area contributed by atoms with Crippen molar-refractivity contribution < 1.29 is 89.8 Å². The van der Waals surface area contributed by atoms with E-state index in [-0.39, 0.29) is 54.7 Å². The maximum absolute atomic E-state index is 13.0. The topological polar surface area (TPSA) is 409 Å². The summed E-state index contributed by atoms with van der Waals surface area (Å²) >= 11 is 0. The van der Waals surface area contributed by atoms with Gasteiger partial charge in [0.05, 0.1) is 45.5 Å². The van der Waals surface area contributed by atoms with Gasteiger partial charge in [-0.15, -0.1) is 0 Å². The number of aryl methyl sites for hydroxylation is 1. The lowest BCUT2D eigenvalue weighted by Gasteiger charge is -2.25. The molecule has 2 fully saturated rings. The quantitative estimate of drug-likeness (QED) is 0.0311. The Balaban J connectivity index is 0.860. The lowest BCUT2D eigenvalue weighted by molar-refractivity contribution is -0.121. The number of aliphatic hydroxyl groups excluding tert-OH is 2. The summed E-state index contributed by atoms with van der Waals surface area (Å²) in [6, 6.07) is 0. The van der Waals surface area contributed by atoms with Crippen molar-refractivity contribution in [3.63, 3.8) is 0 Å². The first-order chi connectivity index (χ1) is 33.2. The first kappa shape index (κ1) is 57.5. The number of unbranched alkanes of at least 4 members (excludes halogenated alkanes) is 7. The molecule has 32 heteroatoms. The number of methoxy groups -OCH3 is 1. The van der Waals surface area contributed by atoms with Gasteiger partial charge in [0.2, 0.25) is 5.91 Å². The smallest absolute Gasteiger partial charge is 0.390 e. The van der Waals surface area contributed by atoms with Gasteiger partial charge in [-0.25, -0.2) is 33.4 Å². The lowest BCUT2D eigenvalue weighted by Crippen LogP contribution is -2.37. The largest absolute Gasteiger partial charge is 0.472 e. The number of ether oxygens (including phenoxy) is 4. The van der Waals surface area contributed by atoms with Crippen molar-refractivity contribution in [2.75, 3.05) is 59.0 Å². The highest BCUT2D eigenvalue weighted by atomic mass is 31.2. The van der Waals surface area contributed by atoms with Gasteiger partial charge >= 0.3 is 29.2 Å².